The van der Waals surface area contributed by atoms with Crippen LogP contribution in [0.5, 0.6) is 0 Å². The van der Waals surface area contributed by atoms with Gasteiger partial charge in [0, 0.05) is 83.1 Å². The van der Waals surface area contributed by atoms with Crippen LogP contribution in [0.25, 0.3) is 0 Å². The summed E-state index contributed by atoms with van der Waals surface area (Å²) in [5.41, 5.74) is 5.24. The molecule has 0 radical (unpaired) electrons. The third-order valence-electron chi connectivity index (χ3n) is 4.20. The van der Waals surface area contributed by atoms with Gasteiger partial charge in [-0.05, 0) is 44.8 Å². The topological polar surface area (TPSA) is 204 Å². The second-order valence-corrected chi connectivity index (χ2v) is 12.5. The van der Waals surface area contributed by atoms with Crippen molar-refractivity contribution in [3.8, 4) is 0 Å². The number of methoxy groups -OCH3 is 1. The predicted molar refractivity (Wildman–Crippen MR) is 198 cm³/mol. The fraction of sp³-hybridized carbons (Fsp3) is 0.840. The molecule has 1 unspecified atom stereocenters. The van der Waals surface area contributed by atoms with Gasteiger partial charge in [-0.25, -0.2) is 4.13 Å². The summed E-state index contributed by atoms with van der Waals surface area (Å²) in [5.74, 6) is 6.70. The van der Waals surface area contributed by atoms with Gasteiger partial charge >= 0.3 is 5.97 Å². The average Bonchev–Trinajstić information content (AvgIpc) is 2.97. The van der Waals surface area contributed by atoms with Gasteiger partial charge in [0.15, 0.2) is 0 Å². The van der Waals surface area contributed by atoms with E-state index in [1.807, 2.05) is 11.1 Å². The second-order valence-electron chi connectivity index (χ2n) is 8.20. The molecule has 2 amide bonds. The van der Waals surface area contributed by atoms with E-state index in [2.05, 4.69) is 50.9 Å². The molecule has 9 N–H and O–H groups in total. The van der Waals surface area contributed by atoms with Crippen molar-refractivity contribution >= 4 is 95.9 Å². The Balaban J connectivity index is -0.000000155. The quantitative estimate of drug-likeness (QED) is 0.0171. The maximum Gasteiger partial charge on any atom is 0.325 e. The van der Waals surface area contributed by atoms with Crippen molar-refractivity contribution in [2.45, 2.75) is 57.8 Å². The van der Waals surface area contributed by atoms with E-state index in [1.54, 1.807) is 30.8 Å². The lowest BCUT2D eigenvalue weighted by Crippen LogP contribution is -2.25. The van der Waals surface area contributed by atoms with Crippen LogP contribution in [0.4, 0.5) is 0 Å². The fourth-order valence-corrected chi connectivity index (χ4v) is 4.26. The molecule has 0 aliphatic rings. The van der Waals surface area contributed by atoms with Crippen LogP contribution in [-0.2, 0) is 24.0 Å². The lowest BCUT2D eigenvalue weighted by Gasteiger charge is -2.04. The van der Waals surface area contributed by atoms with Crippen LogP contribution in [0.15, 0.2) is 0 Å². The van der Waals surface area contributed by atoms with Gasteiger partial charge in [-0.2, -0.15) is 12.6 Å². The minimum absolute atomic E-state index is 0. The smallest absolute Gasteiger partial charge is 0.325 e. The van der Waals surface area contributed by atoms with Crippen LogP contribution < -0.4 is 25.4 Å². The molecule has 0 fully saturated rings. The van der Waals surface area contributed by atoms with E-state index >= 15 is 0 Å². The molecule has 0 heterocycles. The maximum absolute atomic E-state index is 11.1. The zero-order valence-corrected chi connectivity index (χ0v) is 31.2. The average molecular weight is 753 g/mol. The molecule has 0 aliphatic heterocycles. The standard InChI is InChI=1S/C9H19NO3S.C7H15NO2S.C5H11NO3S.C4H12N2S2.ClH/c1-13-8-14-7-5-10-9(12)4-2-3-6-11;9-5-2-1-3-7(10)8-4-6-11;7-4-2-1-3-5(8)9-6-10;1-8(2)6-7-4-3-5;/h11H,2-8H2,1H3,(H,10,12);9,11H,1-6H2,(H,8,10);6-7,10H,1-4H2;6H,1,3-5H2,2H3;1H. The molecule has 0 aliphatic carbocycles. The van der Waals surface area contributed by atoms with Gasteiger partial charge in [-0.15, -0.1) is 34.8 Å². The first-order valence-electron chi connectivity index (χ1n) is 13.9. The number of thioether (sulfide) groups is 1. The number of nitrogens with two attached hydrogens (primary N) is 1. The maximum atomic E-state index is 11.1. The van der Waals surface area contributed by atoms with Crippen molar-refractivity contribution in [2.24, 2.45) is 5.73 Å². The van der Waals surface area contributed by atoms with Crippen LogP contribution in [0, 0.1) is 0 Å². The zero-order chi connectivity index (χ0) is 33.4. The number of carbonyl (C=O) groups is 3. The molecule has 1 atom stereocenters. The minimum Gasteiger partial charge on any atom is -0.396 e. The Hall–Kier alpha value is 0.0400. The summed E-state index contributed by atoms with van der Waals surface area (Å²) in [6.07, 6.45) is 7.55. The number of carbonyl (C=O) groups excluding carboxylic acids is 3. The number of hydrogen-bond donors (Lipinski definition) is 10. The molecule has 0 aromatic rings. The number of aliphatic hydroxyl groups is 3. The fourth-order valence-electron chi connectivity index (χ4n) is 2.26. The SMILES string of the molecule is C=S(C)NSCCN.COCSCCNC(=O)CCCCO.Cl.O=C(CCCCO)NCCS.O=C(CCCCO)ONS. The molecule has 44 heavy (non-hydrogen) atoms. The van der Waals surface area contributed by atoms with Gasteiger partial charge in [0.05, 0.1) is 5.94 Å². The highest BCUT2D eigenvalue weighted by Crippen LogP contribution is 2.02. The summed E-state index contributed by atoms with van der Waals surface area (Å²) in [6.45, 7) is 2.49. The van der Waals surface area contributed by atoms with E-state index in [4.69, 9.17) is 25.8 Å². The number of ether oxygens (including phenoxy) is 1. The third-order valence-corrected chi connectivity index (χ3v) is 7.46. The van der Waals surface area contributed by atoms with Crippen LogP contribution in [0.2, 0.25) is 0 Å². The lowest BCUT2D eigenvalue weighted by atomic mass is 10.2. The van der Waals surface area contributed by atoms with Crippen LogP contribution in [0.3, 0.4) is 0 Å². The molecule has 0 bridgehead atoms. The van der Waals surface area contributed by atoms with E-state index in [9.17, 15) is 14.4 Å². The molecule has 0 saturated carbocycles. The van der Waals surface area contributed by atoms with Crippen molar-refractivity contribution in [3.63, 3.8) is 0 Å². The van der Waals surface area contributed by atoms with Crippen molar-refractivity contribution in [1.29, 1.82) is 0 Å². The number of nitrogens with one attached hydrogen (secondary N) is 4. The number of rotatable bonds is 24. The summed E-state index contributed by atoms with van der Waals surface area (Å²) in [5, 5.41) is 30.7. The van der Waals surface area contributed by atoms with E-state index in [-0.39, 0.29) is 60.7 Å². The Morgan fingerprint density at radius 3 is 1.80 bits per heavy atom. The lowest BCUT2D eigenvalue weighted by molar-refractivity contribution is -0.146. The molecular formula is C25H58ClN5O8S5. The van der Waals surface area contributed by atoms with Crippen LogP contribution in [-0.4, -0.2) is 115 Å². The largest absolute Gasteiger partial charge is 0.396 e. The van der Waals surface area contributed by atoms with Crippen molar-refractivity contribution in [3.05, 3.63) is 0 Å². The van der Waals surface area contributed by atoms with E-state index < -0.39 is 0 Å². The first kappa shape index (κ1) is 53.5. The second kappa shape index (κ2) is 49.9. The van der Waals surface area contributed by atoms with Gasteiger partial charge in [-0.1, -0.05) is 35.5 Å². The highest BCUT2D eigenvalue weighted by molar-refractivity contribution is 8.21. The highest BCUT2D eigenvalue weighted by Gasteiger charge is 2.00. The third kappa shape index (κ3) is 61.1. The van der Waals surface area contributed by atoms with Gasteiger partial charge in [0.1, 0.15) is 0 Å². The Morgan fingerprint density at radius 1 is 0.886 bits per heavy atom. The minimum atomic E-state index is -0.358. The molecule has 268 valence electrons. The van der Waals surface area contributed by atoms with Crippen molar-refractivity contribution < 1.29 is 39.3 Å². The predicted octanol–water partition coefficient (Wildman–Crippen LogP) is 1.69. The highest BCUT2D eigenvalue weighted by atomic mass is 35.5. The van der Waals surface area contributed by atoms with E-state index in [0.29, 0.717) is 69.7 Å². The molecule has 0 spiro atoms. The van der Waals surface area contributed by atoms with Gasteiger partial charge < -0.3 is 41.3 Å². The van der Waals surface area contributed by atoms with Crippen molar-refractivity contribution in [1.82, 2.24) is 19.6 Å². The summed E-state index contributed by atoms with van der Waals surface area (Å²) in [7, 11) is 1.74. The van der Waals surface area contributed by atoms with Crippen molar-refractivity contribution in [2.75, 3.05) is 76.0 Å². The van der Waals surface area contributed by atoms with Crippen LogP contribution in [0.1, 0.15) is 57.8 Å². The van der Waals surface area contributed by atoms with E-state index in [0.717, 1.165) is 30.9 Å². The Morgan fingerprint density at radius 2 is 1.39 bits per heavy atom. The normalized spacial score (nSPS) is 10.3. The molecule has 0 aromatic heterocycles. The Bertz CT molecular complexity index is 639. The monoisotopic (exact) mass is 751 g/mol. The van der Waals surface area contributed by atoms with Crippen LogP contribution >= 0.6 is 72.2 Å². The van der Waals surface area contributed by atoms with Gasteiger partial charge in [0.25, 0.3) is 0 Å². The molecule has 13 nitrogen and oxygen atoms in total. The molecule has 0 saturated heterocycles. The number of thiol groups is 2. The summed E-state index contributed by atoms with van der Waals surface area (Å²) < 4.78 is 7.95. The summed E-state index contributed by atoms with van der Waals surface area (Å²) >= 11 is 10.7. The number of hydrogen-bond acceptors (Lipinski definition) is 15. The van der Waals surface area contributed by atoms with Gasteiger partial charge in [0.2, 0.25) is 11.8 Å². The number of amides is 2. The number of aliphatic hydroxyl groups excluding tert-OH is 3. The Labute approximate surface area is 293 Å². The molecular weight excluding hydrogens is 694 g/mol. The summed E-state index contributed by atoms with van der Waals surface area (Å²) in [6, 6.07) is 0. The van der Waals surface area contributed by atoms with E-state index in [1.165, 1.54) is 0 Å². The zero-order valence-electron chi connectivity index (χ0n) is 26.1. The first-order valence-corrected chi connectivity index (χ1v) is 18.9. The Kier molecular flexibility index (Phi) is 60.7. The summed E-state index contributed by atoms with van der Waals surface area (Å²) in [4.78, 5) is 38.7. The van der Waals surface area contributed by atoms with Gasteiger partial charge in [-0.3, -0.25) is 14.4 Å². The number of unbranched alkanes of at least 4 members (excludes halogenated alkanes) is 3. The molecule has 0 rings (SSSR count). The molecule has 0 aromatic carbocycles. The number of halogens is 1. The first-order chi connectivity index (χ1) is 20.7. The molecule has 19 heteroatoms.